The van der Waals surface area contributed by atoms with Crippen molar-refractivity contribution in [2.45, 2.75) is 56.8 Å². The van der Waals surface area contributed by atoms with Gasteiger partial charge in [-0.25, -0.2) is 17.5 Å². The molecular formula is C26H35NO5SSi. The fourth-order valence-electron chi connectivity index (χ4n) is 2.71. The van der Waals surface area contributed by atoms with Crippen molar-refractivity contribution in [3.63, 3.8) is 0 Å². The minimum atomic E-state index is -3.98. The normalized spacial score (nSPS) is 12.9. The second-order valence-corrected chi connectivity index (χ2v) is 16.3. The van der Waals surface area contributed by atoms with Crippen LogP contribution < -0.4 is 0 Å². The van der Waals surface area contributed by atoms with Gasteiger partial charge in [0.25, 0.3) is 10.0 Å². The van der Waals surface area contributed by atoms with Gasteiger partial charge < -0.3 is 9.16 Å². The molecule has 0 aliphatic heterocycles. The highest BCUT2D eigenvalue weighted by Crippen LogP contribution is 2.40. The van der Waals surface area contributed by atoms with Gasteiger partial charge in [-0.3, -0.25) is 0 Å². The number of aryl methyl sites for hydroxylation is 1. The average Bonchev–Trinajstić information content (AvgIpc) is 2.77. The Morgan fingerprint density at radius 3 is 2.24 bits per heavy atom. The van der Waals surface area contributed by atoms with E-state index in [0.717, 1.165) is 11.1 Å². The molecule has 2 aromatic rings. The van der Waals surface area contributed by atoms with Crippen molar-refractivity contribution in [1.82, 2.24) is 4.31 Å². The van der Waals surface area contributed by atoms with Gasteiger partial charge in [0.05, 0.1) is 11.0 Å². The standard InChI is InChI=1S/C26H35NO5SSi/c1-21-16-18-23(19-17-21)33(29,30)27(5)25(28)31-20-12-11-15-24(22-13-9-8-10-14-22)32-34(6,7)26(2,3)4/h8-10,12-19,24H,20H2,1-7H3/t11?,24-/m0/s1. The second kappa shape index (κ2) is 11.2. The van der Waals surface area contributed by atoms with Gasteiger partial charge in [0.1, 0.15) is 6.61 Å². The molecule has 0 unspecified atom stereocenters. The van der Waals surface area contributed by atoms with E-state index in [0.29, 0.717) is 4.31 Å². The molecule has 34 heavy (non-hydrogen) atoms. The first kappa shape index (κ1) is 27.6. The smallest absolute Gasteiger partial charge is 0.423 e. The Morgan fingerprint density at radius 1 is 1.09 bits per heavy atom. The minimum Gasteiger partial charge on any atom is -0.444 e. The van der Waals surface area contributed by atoms with Crippen LogP contribution in [0.5, 0.6) is 0 Å². The first-order valence-corrected chi connectivity index (χ1v) is 15.5. The van der Waals surface area contributed by atoms with Gasteiger partial charge in [-0.15, -0.1) is 5.73 Å². The summed E-state index contributed by atoms with van der Waals surface area (Å²) in [5, 5.41) is 0.0423. The summed E-state index contributed by atoms with van der Waals surface area (Å²) in [5.41, 5.74) is 4.96. The molecular weight excluding hydrogens is 466 g/mol. The molecule has 0 bridgehead atoms. The van der Waals surface area contributed by atoms with Crippen LogP contribution in [0.2, 0.25) is 18.1 Å². The van der Waals surface area contributed by atoms with Crippen LogP contribution in [0.1, 0.15) is 38.0 Å². The predicted molar refractivity (Wildman–Crippen MR) is 138 cm³/mol. The van der Waals surface area contributed by atoms with Crippen molar-refractivity contribution in [3.05, 3.63) is 83.6 Å². The minimum absolute atomic E-state index is 0.0291. The number of ether oxygens (including phenoxy) is 1. The number of amides is 1. The molecule has 0 saturated heterocycles. The Bertz CT molecular complexity index is 1130. The third-order valence-electron chi connectivity index (χ3n) is 5.95. The number of hydrogen-bond donors (Lipinski definition) is 0. The first-order chi connectivity index (χ1) is 15.8. The molecule has 8 heteroatoms. The molecule has 184 valence electrons. The summed E-state index contributed by atoms with van der Waals surface area (Å²) in [6, 6.07) is 16.1. The maximum atomic E-state index is 12.6. The number of rotatable bonds is 8. The number of carbonyl (C=O) groups is 1. The summed E-state index contributed by atoms with van der Waals surface area (Å²) in [5.74, 6) is 0. The Labute approximate surface area is 205 Å². The fraction of sp³-hybridized carbons (Fsp3) is 0.385. The molecule has 0 spiro atoms. The predicted octanol–water partition coefficient (Wildman–Crippen LogP) is 6.23. The molecule has 0 radical (unpaired) electrons. The van der Waals surface area contributed by atoms with E-state index < -0.39 is 24.4 Å². The summed E-state index contributed by atoms with van der Waals surface area (Å²) in [7, 11) is -4.86. The van der Waals surface area contributed by atoms with Gasteiger partial charge in [-0.1, -0.05) is 68.8 Å². The average molecular weight is 502 g/mol. The van der Waals surface area contributed by atoms with E-state index in [1.807, 2.05) is 37.3 Å². The van der Waals surface area contributed by atoms with Gasteiger partial charge in [0.15, 0.2) is 8.32 Å². The monoisotopic (exact) mass is 501 g/mol. The Morgan fingerprint density at radius 2 is 1.68 bits per heavy atom. The van der Waals surface area contributed by atoms with Crippen LogP contribution in [0, 0.1) is 6.92 Å². The number of hydrogen-bond acceptors (Lipinski definition) is 5. The second-order valence-electron chi connectivity index (χ2n) is 9.61. The van der Waals surface area contributed by atoms with Gasteiger partial charge in [-0.05, 0) is 54.9 Å². The van der Waals surface area contributed by atoms with Crippen LogP contribution >= 0.6 is 0 Å². The molecule has 0 fully saturated rings. The van der Waals surface area contributed by atoms with Crippen molar-refractivity contribution in [3.8, 4) is 0 Å². The number of carbonyl (C=O) groups excluding carboxylic acids is 1. The zero-order valence-corrected chi connectivity index (χ0v) is 22.8. The third-order valence-corrected chi connectivity index (χ3v) is 12.1. The van der Waals surface area contributed by atoms with Crippen LogP contribution in [0.3, 0.4) is 0 Å². The van der Waals surface area contributed by atoms with Crippen molar-refractivity contribution >= 4 is 24.4 Å². The number of benzene rings is 2. The largest absolute Gasteiger partial charge is 0.444 e. The first-order valence-electron chi connectivity index (χ1n) is 11.1. The Kier molecular flexibility index (Phi) is 9.08. The maximum Gasteiger partial charge on any atom is 0.423 e. The molecule has 0 aromatic heterocycles. The molecule has 0 saturated carbocycles. The van der Waals surface area contributed by atoms with E-state index in [9.17, 15) is 13.2 Å². The molecule has 6 nitrogen and oxygen atoms in total. The topological polar surface area (TPSA) is 72.9 Å². The Hall–Kier alpha value is -2.64. The highest BCUT2D eigenvalue weighted by atomic mass is 32.2. The molecule has 2 rings (SSSR count). The molecule has 0 heterocycles. The van der Waals surface area contributed by atoms with E-state index in [1.165, 1.54) is 25.3 Å². The summed E-state index contributed by atoms with van der Waals surface area (Å²) in [6.07, 6.45) is 2.08. The van der Waals surface area contributed by atoms with Crippen molar-refractivity contribution < 1.29 is 22.4 Å². The fourth-order valence-corrected chi connectivity index (χ4v) is 4.95. The maximum absolute atomic E-state index is 12.6. The summed E-state index contributed by atoms with van der Waals surface area (Å²) in [4.78, 5) is 12.3. The van der Waals surface area contributed by atoms with Crippen LogP contribution in [-0.2, 0) is 19.2 Å². The molecule has 1 amide bonds. The van der Waals surface area contributed by atoms with Crippen LogP contribution in [0.4, 0.5) is 4.79 Å². The van der Waals surface area contributed by atoms with Gasteiger partial charge in [0, 0.05) is 7.05 Å². The lowest BCUT2D eigenvalue weighted by atomic mass is 10.1. The van der Waals surface area contributed by atoms with Gasteiger partial charge in [-0.2, -0.15) is 0 Å². The molecule has 1 atom stereocenters. The van der Waals surface area contributed by atoms with Crippen LogP contribution in [0.25, 0.3) is 0 Å². The van der Waals surface area contributed by atoms with E-state index in [1.54, 1.807) is 18.2 Å². The third kappa shape index (κ3) is 7.18. The van der Waals surface area contributed by atoms with E-state index in [4.69, 9.17) is 9.16 Å². The lowest BCUT2D eigenvalue weighted by Crippen LogP contribution is -2.41. The van der Waals surface area contributed by atoms with Crippen LogP contribution in [0.15, 0.2) is 77.4 Å². The van der Waals surface area contributed by atoms with E-state index in [-0.39, 0.29) is 22.6 Å². The van der Waals surface area contributed by atoms with E-state index >= 15 is 0 Å². The molecule has 0 N–H and O–H groups in total. The zero-order valence-electron chi connectivity index (χ0n) is 21.0. The highest BCUT2D eigenvalue weighted by Gasteiger charge is 2.39. The van der Waals surface area contributed by atoms with Gasteiger partial charge >= 0.3 is 6.09 Å². The summed E-state index contributed by atoms with van der Waals surface area (Å²) < 4.78 is 37.5. The quantitative estimate of drug-likeness (QED) is 0.317. The SMILES string of the molecule is Cc1ccc(S(=O)(=O)N(C)C(=O)OCC=C=C[C@H](O[Si](C)(C)C(C)(C)C)c2ccccc2)cc1. The summed E-state index contributed by atoms with van der Waals surface area (Å²) >= 11 is 0. The Balaban J connectivity index is 2.08. The van der Waals surface area contributed by atoms with Crippen LogP contribution in [-0.4, -0.2) is 40.8 Å². The number of sulfonamides is 1. The van der Waals surface area contributed by atoms with Gasteiger partial charge in [0.2, 0.25) is 0 Å². The molecule has 0 aliphatic carbocycles. The van der Waals surface area contributed by atoms with Crippen molar-refractivity contribution in [2.75, 3.05) is 13.7 Å². The van der Waals surface area contributed by atoms with Crippen molar-refractivity contribution in [2.24, 2.45) is 0 Å². The zero-order chi connectivity index (χ0) is 25.6. The molecule has 2 aromatic carbocycles. The number of nitrogens with zero attached hydrogens (tertiary/aromatic N) is 1. The lowest BCUT2D eigenvalue weighted by molar-refractivity contribution is 0.142. The molecule has 0 aliphatic rings. The summed E-state index contributed by atoms with van der Waals surface area (Å²) in [6.45, 7) is 12.7. The highest BCUT2D eigenvalue weighted by molar-refractivity contribution is 7.89. The van der Waals surface area contributed by atoms with Crippen molar-refractivity contribution in [1.29, 1.82) is 0 Å². The van der Waals surface area contributed by atoms with E-state index in [2.05, 4.69) is 39.6 Å². The lowest BCUT2D eigenvalue weighted by Gasteiger charge is -2.38.